The monoisotopic (exact) mass is 281 g/mol. The second-order valence-corrected chi connectivity index (χ2v) is 4.47. The molecule has 1 saturated heterocycles. The topological polar surface area (TPSA) is 84.7 Å². The van der Waals surface area contributed by atoms with Crippen molar-refractivity contribution in [3.8, 4) is 0 Å². The molecule has 0 aromatic heterocycles. The van der Waals surface area contributed by atoms with Gasteiger partial charge in [0, 0.05) is 25.2 Å². The summed E-state index contributed by atoms with van der Waals surface area (Å²) in [6.45, 7) is 1.28. The molecule has 0 bridgehead atoms. The third-order valence-corrected chi connectivity index (χ3v) is 2.96. The molecule has 108 valence electrons. The van der Waals surface area contributed by atoms with E-state index < -0.39 is 5.82 Å². The van der Waals surface area contributed by atoms with Gasteiger partial charge in [0.2, 0.25) is 11.8 Å². The molecule has 1 aromatic rings. The summed E-state index contributed by atoms with van der Waals surface area (Å²) in [6.07, 6.45) is 0.0972. The molecule has 0 atom stereocenters. The van der Waals surface area contributed by atoms with Gasteiger partial charge in [0.05, 0.1) is 12.3 Å². The van der Waals surface area contributed by atoms with Gasteiger partial charge in [-0.2, -0.15) is 0 Å². The predicted octanol–water partition coefficient (Wildman–Crippen LogP) is 0.595. The lowest BCUT2D eigenvalue weighted by Gasteiger charge is -2.26. The molecule has 1 heterocycles. The number of ether oxygens (including phenoxy) is 1. The molecule has 7 heteroatoms. The summed E-state index contributed by atoms with van der Waals surface area (Å²) in [5, 5.41) is 2.44. The van der Waals surface area contributed by atoms with E-state index in [0.29, 0.717) is 18.8 Å². The molecule has 0 aliphatic carbocycles. The van der Waals surface area contributed by atoms with Gasteiger partial charge in [-0.15, -0.1) is 0 Å². The third-order valence-electron chi connectivity index (χ3n) is 2.96. The zero-order valence-electron chi connectivity index (χ0n) is 10.9. The minimum atomic E-state index is -0.546. The highest BCUT2D eigenvalue weighted by molar-refractivity contribution is 5.91. The molecule has 2 rings (SSSR count). The number of anilines is 2. The number of nitrogens with one attached hydrogen (secondary N) is 1. The van der Waals surface area contributed by atoms with E-state index in [1.807, 2.05) is 0 Å². The number of nitrogens with zero attached hydrogens (tertiary/aromatic N) is 1. The first-order valence-electron chi connectivity index (χ1n) is 6.26. The second-order valence-electron chi connectivity index (χ2n) is 4.47. The van der Waals surface area contributed by atoms with E-state index >= 15 is 0 Å². The van der Waals surface area contributed by atoms with Crippen molar-refractivity contribution in [2.45, 2.75) is 6.42 Å². The first-order chi connectivity index (χ1) is 9.56. The van der Waals surface area contributed by atoms with E-state index in [-0.39, 0.29) is 37.1 Å². The van der Waals surface area contributed by atoms with Gasteiger partial charge in [-0.05, 0) is 18.2 Å². The minimum absolute atomic E-state index is 0.0447. The van der Waals surface area contributed by atoms with Gasteiger partial charge in [-0.25, -0.2) is 4.39 Å². The van der Waals surface area contributed by atoms with Crippen molar-refractivity contribution in [1.29, 1.82) is 0 Å². The Bertz CT molecular complexity index is 522. The Labute approximate surface area is 115 Å². The lowest BCUT2D eigenvalue weighted by atomic mass is 10.2. The maximum atomic E-state index is 13.4. The van der Waals surface area contributed by atoms with Crippen LogP contribution in [0.3, 0.4) is 0 Å². The quantitative estimate of drug-likeness (QED) is 0.791. The number of halogens is 1. The molecule has 1 aliphatic heterocycles. The van der Waals surface area contributed by atoms with Crippen LogP contribution in [0.5, 0.6) is 0 Å². The number of hydrogen-bond acceptors (Lipinski definition) is 4. The summed E-state index contributed by atoms with van der Waals surface area (Å²) in [7, 11) is 0. The van der Waals surface area contributed by atoms with Crippen molar-refractivity contribution < 1.29 is 18.7 Å². The van der Waals surface area contributed by atoms with Crippen LogP contribution in [0.15, 0.2) is 18.2 Å². The number of rotatable bonds is 4. The van der Waals surface area contributed by atoms with Crippen LogP contribution in [-0.2, 0) is 14.3 Å². The number of carbonyl (C=O) groups is 2. The molecule has 0 unspecified atom stereocenters. The zero-order valence-corrected chi connectivity index (χ0v) is 10.9. The Morgan fingerprint density at radius 2 is 2.30 bits per heavy atom. The predicted molar refractivity (Wildman–Crippen MR) is 71.5 cm³/mol. The molecule has 20 heavy (non-hydrogen) atoms. The number of nitrogens with two attached hydrogens (primary N) is 1. The van der Waals surface area contributed by atoms with Crippen molar-refractivity contribution in [2.75, 3.05) is 37.4 Å². The molecular weight excluding hydrogens is 265 g/mol. The fraction of sp³-hybridized carbons (Fsp3) is 0.385. The molecule has 3 N–H and O–H groups in total. The number of benzene rings is 1. The highest BCUT2D eigenvalue weighted by atomic mass is 19.1. The van der Waals surface area contributed by atoms with Gasteiger partial charge >= 0.3 is 0 Å². The molecule has 6 nitrogen and oxygen atoms in total. The lowest BCUT2D eigenvalue weighted by molar-refractivity contribution is -0.142. The van der Waals surface area contributed by atoms with Crippen LogP contribution in [0.4, 0.5) is 15.8 Å². The summed E-state index contributed by atoms with van der Waals surface area (Å²) in [5.41, 5.74) is 5.94. The molecule has 0 spiro atoms. The van der Waals surface area contributed by atoms with E-state index in [0.717, 1.165) is 0 Å². The Morgan fingerprint density at radius 1 is 1.50 bits per heavy atom. The smallest absolute Gasteiger partial charge is 0.248 e. The summed E-state index contributed by atoms with van der Waals surface area (Å²) >= 11 is 0. The number of hydrogen-bond donors (Lipinski definition) is 2. The molecule has 2 amide bonds. The standard InChI is InChI=1S/C13H16FN3O3/c14-10-2-1-9(15)7-11(10)16-12(18)3-4-17-5-6-20-8-13(17)19/h1-2,7H,3-6,8,15H2,(H,16,18). The first kappa shape index (κ1) is 14.3. The highest BCUT2D eigenvalue weighted by Gasteiger charge is 2.19. The maximum Gasteiger partial charge on any atom is 0.248 e. The average molecular weight is 281 g/mol. The Hall–Kier alpha value is -2.15. The fourth-order valence-electron chi connectivity index (χ4n) is 1.87. The van der Waals surface area contributed by atoms with Crippen LogP contribution >= 0.6 is 0 Å². The van der Waals surface area contributed by atoms with Crippen molar-refractivity contribution in [3.05, 3.63) is 24.0 Å². The second kappa shape index (κ2) is 6.33. The van der Waals surface area contributed by atoms with Gasteiger partial charge < -0.3 is 20.7 Å². The number of amides is 2. The van der Waals surface area contributed by atoms with Gasteiger partial charge in [0.1, 0.15) is 12.4 Å². The molecule has 1 aromatic carbocycles. The summed E-state index contributed by atoms with van der Waals surface area (Å²) < 4.78 is 18.4. The van der Waals surface area contributed by atoms with Crippen molar-refractivity contribution in [3.63, 3.8) is 0 Å². The summed E-state index contributed by atoms with van der Waals surface area (Å²) in [6, 6.07) is 3.96. The van der Waals surface area contributed by atoms with E-state index in [9.17, 15) is 14.0 Å². The van der Waals surface area contributed by atoms with Crippen LogP contribution in [-0.4, -0.2) is 43.0 Å². The van der Waals surface area contributed by atoms with Gasteiger partial charge in [-0.3, -0.25) is 9.59 Å². The molecule has 1 aliphatic rings. The van der Waals surface area contributed by atoms with Gasteiger partial charge in [-0.1, -0.05) is 0 Å². The number of nitrogen functional groups attached to an aromatic ring is 1. The zero-order chi connectivity index (χ0) is 14.5. The van der Waals surface area contributed by atoms with E-state index in [1.165, 1.54) is 18.2 Å². The Kier molecular flexibility index (Phi) is 4.52. The van der Waals surface area contributed by atoms with E-state index in [4.69, 9.17) is 10.5 Å². The highest BCUT2D eigenvalue weighted by Crippen LogP contribution is 2.17. The minimum Gasteiger partial charge on any atom is -0.399 e. The number of morpholine rings is 1. The SMILES string of the molecule is Nc1ccc(F)c(NC(=O)CCN2CCOCC2=O)c1. The van der Waals surface area contributed by atoms with Crippen molar-refractivity contribution in [2.24, 2.45) is 0 Å². The van der Waals surface area contributed by atoms with Gasteiger partial charge in [0.15, 0.2) is 0 Å². The number of carbonyl (C=O) groups excluding carboxylic acids is 2. The van der Waals surface area contributed by atoms with Crippen LogP contribution in [0.25, 0.3) is 0 Å². The lowest BCUT2D eigenvalue weighted by Crippen LogP contribution is -2.42. The van der Waals surface area contributed by atoms with Crippen LogP contribution in [0.1, 0.15) is 6.42 Å². The van der Waals surface area contributed by atoms with E-state index in [2.05, 4.69) is 5.32 Å². The van der Waals surface area contributed by atoms with Crippen LogP contribution < -0.4 is 11.1 Å². The normalized spacial score (nSPS) is 15.2. The summed E-state index contributed by atoms with van der Waals surface area (Å²) in [4.78, 5) is 24.7. The fourth-order valence-corrected chi connectivity index (χ4v) is 1.87. The molecule has 1 fully saturated rings. The molecule has 0 saturated carbocycles. The Morgan fingerprint density at radius 3 is 3.05 bits per heavy atom. The molecular formula is C13H16FN3O3. The van der Waals surface area contributed by atoms with Crippen LogP contribution in [0, 0.1) is 5.82 Å². The largest absolute Gasteiger partial charge is 0.399 e. The average Bonchev–Trinajstić information content (AvgIpc) is 2.42. The maximum absolute atomic E-state index is 13.4. The van der Waals surface area contributed by atoms with Crippen molar-refractivity contribution >= 4 is 23.2 Å². The first-order valence-corrected chi connectivity index (χ1v) is 6.26. The Balaban J connectivity index is 1.86. The third kappa shape index (κ3) is 3.67. The van der Waals surface area contributed by atoms with Crippen molar-refractivity contribution in [1.82, 2.24) is 4.90 Å². The van der Waals surface area contributed by atoms with Crippen LogP contribution in [0.2, 0.25) is 0 Å². The van der Waals surface area contributed by atoms with Gasteiger partial charge in [0.25, 0.3) is 0 Å². The molecule has 0 radical (unpaired) electrons. The van der Waals surface area contributed by atoms with E-state index in [1.54, 1.807) is 4.90 Å². The summed E-state index contributed by atoms with van der Waals surface area (Å²) in [5.74, 6) is -1.05.